The number of nitrogens with two attached hydrogens (primary N) is 1. The average molecular weight is 261 g/mol. The lowest BCUT2D eigenvalue weighted by molar-refractivity contribution is 0.773. The molecule has 0 radical (unpaired) electrons. The van der Waals surface area contributed by atoms with Gasteiger partial charge in [-0.2, -0.15) is 0 Å². The van der Waals surface area contributed by atoms with Crippen molar-refractivity contribution in [2.24, 2.45) is 5.73 Å². The topological polar surface area (TPSA) is 26.0 Å². The Morgan fingerprint density at radius 3 is 2.82 bits per heavy atom. The first kappa shape index (κ1) is 9.00. The average Bonchev–Trinajstić information content (AvgIpc) is 2.03. The van der Waals surface area contributed by atoms with Crippen molar-refractivity contribution >= 4 is 22.6 Å². The molecule has 1 atom stereocenters. The summed E-state index contributed by atoms with van der Waals surface area (Å²) in [6, 6.07) is 8.47. The van der Waals surface area contributed by atoms with Gasteiger partial charge in [0.25, 0.3) is 0 Å². The Hall–Kier alpha value is -0.0900. The first-order valence-corrected chi connectivity index (χ1v) is 4.77. The van der Waals surface area contributed by atoms with Crippen molar-refractivity contribution in [3.63, 3.8) is 0 Å². The van der Waals surface area contributed by atoms with E-state index < -0.39 is 0 Å². The summed E-state index contributed by atoms with van der Waals surface area (Å²) in [5.74, 6) is 0.477. The van der Waals surface area contributed by atoms with E-state index in [1.807, 2.05) is 0 Å². The molecule has 0 aliphatic heterocycles. The minimum atomic E-state index is 0.477. The van der Waals surface area contributed by atoms with Crippen LogP contribution in [0.2, 0.25) is 0 Å². The smallest absolute Gasteiger partial charge is 0.0133 e. The first-order chi connectivity index (χ1) is 5.24. The van der Waals surface area contributed by atoms with Crippen molar-refractivity contribution < 1.29 is 0 Å². The Kier molecular flexibility index (Phi) is 3.33. The molecular formula is C9H12IN. The van der Waals surface area contributed by atoms with Crippen LogP contribution in [0.15, 0.2) is 24.3 Å². The maximum absolute atomic E-state index is 5.55. The fourth-order valence-electron chi connectivity index (χ4n) is 0.949. The molecule has 1 aromatic carbocycles. The molecule has 0 saturated carbocycles. The highest BCUT2D eigenvalue weighted by atomic mass is 127. The van der Waals surface area contributed by atoms with Crippen LogP contribution in [-0.4, -0.2) is 6.54 Å². The second kappa shape index (κ2) is 4.07. The van der Waals surface area contributed by atoms with E-state index in [0.29, 0.717) is 5.92 Å². The van der Waals surface area contributed by atoms with E-state index in [2.05, 4.69) is 53.8 Å². The number of benzene rings is 1. The monoisotopic (exact) mass is 261 g/mol. The van der Waals surface area contributed by atoms with Gasteiger partial charge in [0.15, 0.2) is 0 Å². The Labute approximate surface area is 81.1 Å². The summed E-state index contributed by atoms with van der Waals surface area (Å²) in [6.45, 7) is 2.87. The van der Waals surface area contributed by atoms with E-state index in [-0.39, 0.29) is 0 Å². The molecule has 0 heterocycles. The van der Waals surface area contributed by atoms with Gasteiger partial charge >= 0.3 is 0 Å². The predicted molar refractivity (Wildman–Crippen MR) is 56.6 cm³/mol. The van der Waals surface area contributed by atoms with E-state index in [0.717, 1.165) is 6.54 Å². The van der Waals surface area contributed by atoms with Crippen LogP contribution < -0.4 is 5.73 Å². The number of hydrogen-bond acceptors (Lipinski definition) is 1. The van der Waals surface area contributed by atoms with Gasteiger partial charge in [-0.15, -0.1) is 0 Å². The highest BCUT2D eigenvalue weighted by Crippen LogP contribution is 2.15. The lowest BCUT2D eigenvalue weighted by atomic mass is 10.0. The van der Waals surface area contributed by atoms with Gasteiger partial charge in [0, 0.05) is 3.57 Å². The number of rotatable bonds is 2. The fraction of sp³-hybridized carbons (Fsp3) is 0.333. The van der Waals surface area contributed by atoms with Gasteiger partial charge < -0.3 is 5.73 Å². The molecule has 60 valence electrons. The Balaban J connectivity index is 2.86. The molecular weight excluding hydrogens is 249 g/mol. The molecule has 0 spiro atoms. The van der Waals surface area contributed by atoms with Crippen molar-refractivity contribution in [3.8, 4) is 0 Å². The molecule has 0 saturated heterocycles. The molecule has 0 aliphatic carbocycles. The fourth-order valence-corrected chi connectivity index (χ4v) is 1.52. The van der Waals surface area contributed by atoms with Crippen molar-refractivity contribution in [3.05, 3.63) is 33.4 Å². The summed E-state index contributed by atoms with van der Waals surface area (Å²) >= 11 is 2.31. The van der Waals surface area contributed by atoms with E-state index in [9.17, 15) is 0 Å². The summed E-state index contributed by atoms with van der Waals surface area (Å²) < 4.78 is 1.28. The van der Waals surface area contributed by atoms with Crippen LogP contribution >= 0.6 is 22.6 Å². The molecule has 0 fully saturated rings. The summed E-state index contributed by atoms with van der Waals surface area (Å²) in [5, 5.41) is 0. The van der Waals surface area contributed by atoms with Crippen molar-refractivity contribution in [2.75, 3.05) is 6.54 Å². The maximum Gasteiger partial charge on any atom is 0.0133 e. The maximum atomic E-state index is 5.55. The summed E-state index contributed by atoms with van der Waals surface area (Å²) in [4.78, 5) is 0. The Morgan fingerprint density at radius 2 is 2.27 bits per heavy atom. The molecule has 1 aromatic rings. The molecule has 2 N–H and O–H groups in total. The minimum Gasteiger partial charge on any atom is -0.330 e. The lowest BCUT2D eigenvalue weighted by Crippen LogP contribution is -2.08. The zero-order chi connectivity index (χ0) is 8.27. The van der Waals surface area contributed by atoms with E-state index in [4.69, 9.17) is 5.73 Å². The summed E-state index contributed by atoms with van der Waals surface area (Å²) in [5.41, 5.74) is 6.88. The molecule has 0 bridgehead atoms. The third kappa shape index (κ3) is 2.45. The van der Waals surface area contributed by atoms with Crippen molar-refractivity contribution in [2.45, 2.75) is 12.8 Å². The van der Waals surface area contributed by atoms with Gasteiger partial charge in [-0.3, -0.25) is 0 Å². The second-order valence-electron chi connectivity index (χ2n) is 2.69. The summed E-state index contributed by atoms with van der Waals surface area (Å²) in [7, 11) is 0. The third-order valence-corrected chi connectivity index (χ3v) is 2.44. The molecule has 1 rings (SSSR count). The van der Waals surface area contributed by atoms with Crippen molar-refractivity contribution in [1.82, 2.24) is 0 Å². The summed E-state index contributed by atoms with van der Waals surface area (Å²) in [6.07, 6.45) is 0. The zero-order valence-corrected chi connectivity index (χ0v) is 8.71. The van der Waals surface area contributed by atoms with E-state index >= 15 is 0 Å². The van der Waals surface area contributed by atoms with Crippen LogP contribution in [-0.2, 0) is 0 Å². The molecule has 0 aromatic heterocycles. The standard InChI is InChI=1S/C9H12IN/c1-7(6-11)8-3-2-4-9(10)5-8/h2-5,7H,6,11H2,1H3. The van der Waals surface area contributed by atoms with Crippen LogP contribution in [0.25, 0.3) is 0 Å². The Morgan fingerprint density at radius 1 is 1.55 bits per heavy atom. The van der Waals surface area contributed by atoms with Gasteiger partial charge in [-0.1, -0.05) is 19.1 Å². The molecule has 0 amide bonds. The third-order valence-electron chi connectivity index (χ3n) is 1.77. The Bertz CT molecular complexity index is 235. The molecule has 11 heavy (non-hydrogen) atoms. The van der Waals surface area contributed by atoms with E-state index in [1.54, 1.807) is 0 Å². The molecule has 1 nitrogen and oxygen atoms in total. The van der Waals surface area contributed by atoms with Crippen LogP contribution in [0.4, 0.5) is 0 Å². The first-order valence-electron chi connectivity index (χ1n) is 3.69. The van der Waals surface area contributed by atoms with Crippen LogP contribution in [0.1, 0.15) is 18.4 Å². The van der Waals surface area contributed by atoms with Gasteiger partial charge in [-0.25, -0.2) is 0 Å². The molecule has 0 aliphatic rings. The van der Waals surface area contributed by atoms with Crippen molar-refractivity contribution in [1.29, 1.82) is 0 Å². The largest absolute Gasteiger partial charge is 0.330 e. The van der Waals surface area contributed by atoms with Crippen LogP contribution in [0.5, 0.6) is 0 Å². The van der Waals surface area contributed by atoms with Gasteiger partial charge in [0.05, 0.1) is 0 Å². The highest BCUT2D eigenvalue weighted by molar-refractivity contribution is 14.1. The number of hydrogen-bond donors (Lipinski definition) is 1. The number of halogens is 1. The molecule has 1 unspecified atom stereocenters. The van der Waals surface area contributed by atoms with Crippen LogP contribution in [0.3, 0.4) is 0 Å². The van der Waals surface area contributed by atoms with Gasteiger partial charge in [0.1, 0.15) is 0 Å². The lowest BCUT2D eigenvalue weighted by Gasteiger charge is -2.08. The zero-order valence-electron chi connectivity index (χ0n) is 6.55. The quantitative estimate of drug-likeness (QED) is 0.812. The normalized spacial score (nSPS) is 13.0. The van der Waals surface area contributed by atoms with Crippen LogP contribution in [0, 0.1) is 3.57 Å². The second-order valence-corrected chi connectivity index (χ2v) is 3.94. The van der Waals surface area contributed by atoms with E-state index in [1.165, 1.54) is 9.13 Å². The molecule has 2 heteroatoms. The minimum absolute atomic E-state index is 0.477. The SMILES string of the molecule is CC(CN)c1cccc(I)c1. The highest BCUT2D eigenvalue weighted by Gasteiger charge is 2.01. The predicted octanol–water partition coefficient (Wildman–Crippen LogP) is 2.35. The van der Waals surface area contributed by atoms with Gasteiger partial charge in [-0.05, 0) is 52.7 Å². The van der Waals surface area contributed by atoms with Gasteiger partial charge in [0.2, 0.25) is 0 Å².